The van der Waals surface area contributed by atoms with Gasteiger partial charge in [-0.15, -0.1) is 23.7 Å². The molecule has 0 spiro atoms. The smallest absolute Gasteiger partial charge is 0.246 e. The number of carbonyl (C=O) groups excluding carboxylic acids is 1. The van der Waals surface area contributed by atoms with Crippen molar-refractivity contribution in [3.63, 3.8) is 0 Å². The van der Waals surface area contributed by atoms with Crippen molar-refractivity contribution in [3.05, 3.63) is 34.7 Å². The van der Waals surface area contributed by atoms with E-state index in [-0.39, 0.29) is 18.3 Å². The molecule has 8 heteroatoms. The molecular formula is C15H17Cl2N3O2S. The fraction of sp³-hybridized carbons (Fsp3) is 0.333. The number of benzene rings is 1. The lowest BCUT2D eigenvalue weighted by atomic mass is 9.90. The van der Waals surface area contributed by atoms with Crippen molar-refractivity contribution >= 4 is 46.4 Å². The molecule has 3 N–H and O–H groups in total. The van der Waals surface area contributed by atoms with Crippen molar-refractivity contribution < 1.29 is 9.53 Å². The van der Waals surface area contributed by atoms with Crippen molar-refractivity contribution in [3.8, 4) is 11.3 Å². The first-order valence-electron chi connectivity index (χ1n) is 6.96. The Balaban J connectivity index is 0.00000192. The first kappa shape index (κ1) is 18.2. The van der Waals surface area contributed by atoms with Crippen LogP contribution in [0.3, 0.4) is 0 Å². The number of nitrogens with zero attached hydrogens (tertiary/aromatic N) is 1. The molecular weight excluding hydrogens is 357 g/mol. The molecule has 1 aliphatic rings. The molecule has 2 aromatic rings. The van der Waals surface area contributed by atoms with Gasteiger partial charge in [0.25, 0.3) is 0 Å². The molecule has 0 bridgehead atoms. The number of hydrogen-bond acceptors (Lipinski definition) is 5. The normalized spacial score (nSPS) is 16.4. The number of rotatable bonds is 3. The van der Waals surface area contributed by atoms with Crippen molar-refractivity contribution in [1.82, 2.24) is 4.98 Å². The summed E-state index contributed by atoms with van der Waals surface area (Å²) in [6, 6.07) is 7.44. The SMILES string of the molecule is Cl.NC1(C(=O)Nc2nc(-c3cccc(Cl)c3)cs2)CCOCC1. The van der Waals surface area contributed by atoms with Gasteiger partial charge in [-0.2, -0.15) is 0 Å². The number of hydrogen-bond donors (Lipinski definition) is 2. The highest BCUT2D eigenvalue weighted by molar-refractivity contribution is 7.14. The molecule has 23 heavy (non-hydrogen) atoms. The van der Waals surface area contributed by atoms with Gasteiger partial charge in [-0.25, -0.2) is 4.98 Å². The molecule has 1 saturated heterocycles. The lowest BCUT2D eigenvalue weighted by Crippen LogP contribution is -2.54. The standard InChI is InChI=1S/C15H16ClN3O2S.ClH/c16-11-3-1-2-10(8-11)12-9-22-14(18-12)19-13(20)15(17)4-6-21-7-5-15;/h1-3,8-9H,4-7,17H2,(H,18,19,20);1H. The van der Waals surface area contributed by atoms with Crippen LogP contribution in [0.1, 0.15) is 12.8 Å². The summed E-state index contributed by atoms with van der Waals surface area (Å²) in [4.78, 5) is 16.8. The molecule has 0 radical (unpaired) electrons. The molecule has 5 nitrogen and oxygen atoms in total. The van der Waals surface area contributed by atoms with E-state index in [4.69, 9.17) is 22.1 Å². The zero-order valence-electron chi connectivity index (χ0n) is 12.3. The Morgan fingerprint density at radius 3 is 2.83 bits per heavy atom. The maximum Gasteiger partial charge on any atom is 0.246 e. The minimum absolute atomic E-state index is 0. The van der Waals surface area contributed by atoms with Crippen LogP contribution in [0.5, 0.6) is 0 Å². The molecule has 124 valence electrons. The van der Waals surface area contributed by atoms with Crippen LogP contribution in [0, 0.1) is 0 Å². The zero-order chi connectivity index (χ0) is 15.6. The molecule has 0 atom stereocenters. The van der Waals surface area contributed by atoms with E-state index in [2.05, 4.69) is 10.3 Å². The molecule has 1 amide bonds. The van der Waals surface area contributed by atoms with Gasteiger partial charge < -0.3 is 15.8 Å². The van der Waals surface area contributed by atoms with E-state index in [1.54, 1.807) is 0 Å². The van der Waals surface area contributed by atoms with Gasteiger partial charge in [-0.05, 0) is 25.0 Å². The number of halogens is 2. The number of thiazole rings is 1. The van der Waals surface area contributed by atoms with Gasteiger partial charge in [0.1, 0.15) is 5.54 Å². The number of carbonyl (C=O) groups is 1. The quantitative estimate of drug-likeness (QED) is 0.864. The van der Waals surface area contributed by atoms with E-state index in [1.807, 2.05) is 29.6 Å². The average molecular weight is 374 g/mol. The highest BCUT2D eigenvalue weighted by Crippen LogP contribution is 2.28. The van der Waals surface area contributed by atoms with Gasteiger partial charge in [0, 0.05) is 29.2 Å². The Hall–Kier alpha value is -1.18. The highest BCUT2D eigenvalue weighted by atomic mass is 35.5. The second kappa shape index (κ2) is 7.59. The Bertz CT molecular complexity index is 687. The summed E-state index contributed by atoms with van der Waals surface area (Å²) in [6.07, 6.45) is 1.04. The number of anilines is 1. The summed E-state index contributed by atoms with van der Waals surface area (Å²) in [7, 11) is 0. The number of aromatic nitrogens is 1. The number of nitrogens with one attached hydrogen (secondary N) is 1. The molecule has 1 aromatic heterocycles. The fourth-order valence-corrected chi connectivity index (χ4v) is 3.20. The van der Waals surface area contributed by atoms with Crippen LogP contribution in [-0.2, 0) is 9.53 Å². The third kappa shape index (κ3) is 4.22. The Labute approximate surface area is 149 Å². The number of ether oxygens (including phenoxy) is 1. The van der Waals surface area contributed by atoms with Gasteiger partial charge in [-0.1, -0.05) is 23.7 Å². The highest BCUT2D eigenvalue weighted by Gasteiger charge is 2.36. The Morgan fingerprint density at radius 2 is 2.13 bits per heavy atom. The van der Waals surface area contributed by atoms with Gasteiger partial charge in [0.2, 0.25) is 5.91 Å². The topological polar surface area (TPSA) is 77.2 Å². The summed E-state index contributed by atoms with van der Waals surface area (Å²) >= 11 is 7.35. The Morgan fingerprint density at radius 1 is 1.39 bits per heavy atom. The third-order valence-corrected chi connectivity index (χ3v) is 4.68. The van der Waals surface area contributed by atoms with E-state index < -0.39 is 5.54 Å². The lowest BCUT2D eigenvalue weighted by Gasteiger charge is -2.31. The largest absolute Gasteiger partial charge is 0.381 e. The first-order chi connectivity index (χ1) is 10.6. The summed E-state index contributed by atoms with van der Waals surface area (Å²) < 4.78 is 5.25. The Kier molecular flexibility index (Phi) is 6.00. The van der Waals surface area contributed by atoms with E-state index in [0.29, 0.717) is 36.2 Å². The van der Waals surface area contributed by atoms with Crippen LogP contribution in [0.2, 0.25) is 5.02 Å². The first-order valence-corrected chi connectivity index (χ1v) is 8.22. The van der Waals surface area contributed by atoms with Crippen molar-refractivity contribution in [2.75, 3.05) is 18.5 Å². The van der Waals surface area contributed by atoms with E-state index in [9.17, 15) is 4.79 Å². The third-order valence-electron chi connectivity index (χ3n) is 3.68. The molecule has 3 rings (SSSR count). The van der Waals surface area contributed by atoms with Gasteiger partial charge in [0.15, 0.2) is 5.13 Å². The van der Waals surface area contributed by atoms with Crippen LogP contribution in [0.4, 0.5) is 5.13 Å². The molecule has 0 saturated carbocycles. The van der Waals surface area contributed by atoms with E-state index in [1.165, 1.54) is 11.3 Å². The molecule has 2 heterocycles. The molecule has 1 aromatic carbocycles. The zero-order valence-corrected chi connectivity index (χ0v) is 14.6. The predicted octanol–water partition coefficient (Wildman–Crippen LogP) is 3.33. The van der Waals surface area contributed by atoms with Crippen LogP contribution < -0.4 is 11.1 Å². The minimum atomic E-state index is -0.875. The summed E-state index contributed by atoms with van der Waals surface area (Å²) in [6.45, 7) is 1.02. The molecule has 0 unspecified atom stereocenters. The van der Waals surface area contributed by atoms with E-state index >= 15 is 0 Å². The second-order valence-electron chi connectivity index (χ2n) is 5.27. The van der Waals surface area contributed by atoms with E-state index in [0.717, 1.165) is 11.3 Å². The van der Waals surface area contributed by atoms with Gasteiger partial charge in [-0.3, -0.25) is 4.79 Å². The number of amides is 1. The summed E-state index contributed by atoms with van der Waals surface area (Å²) in [5.74, 6) is -0.206. The van der Waals surface area contributed by atoms with Crippen molar-refractivity contribution in [1.29, 1.82) is 0 Å². The van der Waals surface area contributed by atoms with Crippen LogP contribution in [0.15, 0.2) is 29.6 Å². The average Bonchev–Trinajstić information content (AvgIpc) is 2.96. The van der Waals surface area contributed by atoms with Crippen LogP contribution in [0.25, 0.3) is 11.3 Å². The number of nitrogens with two attached hydrogens (primary N) is 1. The van der Waals surface area contributed by atoms with Crippen LogP contribution in [-0.4, -0.2) is 29.6 Å². The minimum Gasteiger partial charge on any atom is -0.381 e. The van der Waals surface area contributed by atoms with Crippen molar-refractivity contribution in [2.24, 2.45) is 5.73 Å². The van der Waals surface area contributed by atoms with Gasteiger partial charge >= 0.3 is 0 Å². The maximum atomic E-state index is 12.3. The molecule has 1 aliphatic heterocycles. The van der Waals surface area contributed by atoms with Crippen LogP contribution >= 0.6 is 35.3 Å². The predicted molar refractivity (Wildman–Crippen MR) is 95.4 cm³/mol. The second-order valence-corrected chi connectivity index (χ2v) is 6.57. The van der Waals surface area contributed by atoms with Crippen molar-refractivity contribution in [2.45, 2.75) is 18.4 Å². The molecule has 1 fully saturated rings. The monoisotopic (exact) mass is 373 g/mol. The summed E-state index contributed by atoms with van der Waals surface area (Å²) in [5, 5.41) is 5.89. The fourth-order valence-electron chi connectivity index (χ4n) is 2.30. The summed E-state index contributed by atoms with van der Waals surface area (Å²) in [5.41, 5.74) is 6.97. The lowest BCUT2D eigenvalue weighted by molar-refractivity contribution is -0.124. The molecule has 0 aliphatic carbocycles. The van der Waals surface area contributed by atoms with Gasteiger partial charge in [0.05, 0.1) is 5.69 Å². The maximum absolute atomic E-state index is 12.3.